The monoisotopic (exact) mass is 312 g/mol. The lowest BCUT2D eigenvalue weighted by Crippen LogP contribution is -2.30. The van der Waals surface area contributed by atoms with E-state index in [0.717, 1.165) is 0 Å². The van der Waals surface area contributed by atoms with Gasteiger partial charge in [0, 0.05) is 12.1 Å². The van der Waals surface area contributed by atoms with Crippen LogP contribution in [0.2, 0.25) is 0 Å². The van der Waals surface area contributed by atoms with E-state index >= 15 is 0 Å². The molecule has 0 bridgehead atoms. The summed E-state index contributed by atoms with van der Waals surface area (Å²) in [5, 5.41) is 10.2. The molecule has 1 amide bonds. The van der Waals surface area contributed by atoms with Crippen molar-refractivity contribution in [3.8, 4) is 0 Å². The zero-order valence-corrected chi connectivity index (χ0v) is 12.3. The van der Waals surface area contributed by atoms with E-state index in [2.05, 4.69) is 15.5 Å². The normalized spacial score (nSPS) is 12.1. The van der Waals surface area contributed by atoms with Gasteiger partial charge < -0.3 is 11.1 Å². The summed E-state index contributed by atoms with van der Waals surface area (Å²) >= 11 is 2.50. The molecule has 0 aliphatic heterocycles. The predicted molar refractivity (Wildman–Crippen MR) is 77.9 cm³/mol. The third-order valence-electron chi connectivity index (χ3n) is 2.48. The van der Waals surface area contributed by atoms with Crippen molar-refractivity contribution < 1.29 is 9.18 Å². The first-order chi connectivity index (χ1) is 9.56. The van der Waals surface area contributed by atoms with Crippen LogP contribution in [0.5, 0.6) is 0 Å². The fourth-order valence-corrected chi connectivity index (χ4v) is 3.25. The third-order valence-corrected chi connectivity index (χ3v) is 4.42. The Balaban J connectivity index is 1.87. The van der Waals surface area contributed by atoms with Crippen molar-refractivity contribution in [3.05, 3.63) is 35.6 Å². The third kappa shape index (κ3) is 3.91. The molecule has 2 aromatic rings. The Morgan fingerprint density at radius 2 is 2.25 bits per heavy atom. The zero-order valence-electron chi connectivity index (χ0n) is 10.7. The molecule has 3 N–H and O–H groups in total. The second-order valence-corrected chi connectivity index (χ2v) is 6.57. The lowest BCUT2D eigenvalue weighted by Gasteiger charge is -2.10. The van der Waals surface area contributed by atoms with Crippen LogP contribution in [0.25, 0.3) is 0 Å². The molecule has 0 radical (unpaired) electrons. The van der Waals surface area contributed by atoms with Gasteiger partial charge in [-0.1, -0.05) is 41.3 Å². The Labute approximate surface area is 123 Å². The van der Waals surface area contributed by atoms with Crippen molar-refractivity contribution in [1.29, 1.82) is 0 Å². The van der Waals surface area contributed by atoms with Gasteiger partial charge in [-0.05, 0) is 13.0 Å². The van der Waals surface area contributed by atoms with Crippen molar-refractivity contribution in [2.75, 3.05) is 5.73 Å². The number of hydrogen-bond donors (Lipinski definition) is 2. The van der Waals surface area contributed by atoms with Crippen LogP contribution in [-0.2, 0) is 11.3 Å². The number of nitrogens with two attached hydrogens (primary N) is 1. The maximum atomic E-state index is 13.4. The number of thioether (sulfide) groups is 1. The van der Waals surface area contributed by atoms with Crippen LogP contribution in [0.15, 0.2) is 28.6 Å². The van der Waals surface area contributed by atoms with Gasteiger partial charge in [0.15, 0.2) is 4.34 Å². The number of anilines is 1. The fourth-order valence-electron chi connectivity index (χ4n) is 1.44. The van der Waals surface area contributed by atoms with Crippen molar-refractivity contribution >= 4 is 34.1 Å². The first-order valence-electron chi connectivity index (χ1n) is 5.83. The largest absolute Gasteiger partial charge is 0.374 e. The van der Waals surface area contributed by atoms with Crippen LogP contribution in [0, 0.1) is 5.82 Å². The summed E-state index contributed by atoms with van der Waals surface area (Å²) in [7, 11) is 0. The average molecular weight is 312 g/mol. The van der Waals surface area contributed by atoms with E-state index in [9.17, 15) is 9.18 Å². The summed E-state index contributed by atoms with van der Waals surface area (Å²) in [6, 6.07) is 6.34. The molecule has 1 aromatic heterocycles. The van der Waals surface area contributed by atoms with Crippen LogP contribution in [0.3, 0.4) is 0 Å². The molecular formula is C12H13FN4OS2. The number of nitrogen functional groups attached to an aromatic ring is 1. The topological polar surface area (TPSA) is 80.9 Å². The molecule has 0 saturated carbocycles. The Kier molecular flexibility index (Phi) is 4.91. The molecular weight excluding hydrogens is 299 g/mol. The number of carbonyl (C=O) groups is 1. The quantitative estimate of drug-likeness (QED) is 0.826. The molecule has 20 heavy (non-hydrogen) atoms. The zero-order chi connectivity index (χ0) is 14.5. The van der Waals surface area contributed by atoms with Crippen molar-refractivity contribution in [2.45, 2.75) is 23.1 Å². The lowest BCUT2D eigenvalue weighted by molar-refractivity contribution is -0.120. The number of rotatable bonds is 5. The van der Waals surface area contributed by atoms with Crippen molar-refractivity contribution in [1.82, 2.24) is 15.5 Å². The van der Waals surface area contributed by atoms with Gasteiger partial charge in [-0.25, -0.2) is 4.39 Å². The standard InChI is InChI=1S/C12H13FN4OS2/c1-7(19-12-17-16-11(14)20-12)10(18)15-6-8-4-2-3-5-9(8)13/h2-5,7H,6H2,1H3,(H2,14,16)(H,15,18). The lowest BCUT2D eigenvalue weighted by atomic mass is 10.2. The van der Waals surface area contributed by atoms with E-state index < -0.39 is 0 Å². The minimum absolute atomic E-state index is 0.161. The van der Waals surface area contributed by atoms with Gasteiger partial charge in [0.25, 0.3) is 0 Å². The summed E-state index contributed by atoms with van der Waals surface area (Å²) in [4.78, 5) is 11.9. The molecule has 2 rings (SSSR count). The van der Waals surface area contributed by atoms with Crippen molar-refractivity contribution in [3.63, 3.8) is 0 Å². The van der Waals surface area contributed by atoms with E-state index in [0.29, 0.717) is 15.0 Å². The van der Waals surface area contributed by atoms with E-state index in [-0.39, 0.29) is 23.5 Å². The fraction of sp³-hybridized carbons (Fsp3) is 0.250. The predicted octanol–water partition coefficient (Wildman–Crippen LogP) is 2.06. The van der Waals surface area contributed by atoms with E-state index in [4.69, 9.17) is 5.73 Å². The Bertz CT molecular complexity index is 605. The number of amides is 1. The van der Waals surface area contributed by atoms with Crippen LogP contribution in [-0.4, -0.2) is 21.4 Å². The highest BCUT2D eigenvalue weighted by Gasteiger charge is 2.16. The van der Waals surface area contributed by atoms with E-state index in [1.165, 1.54) is 29.2 Å². The number of nitrogens with one attached hydrogen (secondary N) is 1. The van der Waals surface area contributed by atoms with Gasteiger partial charge in [-0.3, -0.25) is 4.79 Å². The molecule has 5 nitrogen and oxygen atoms in total. The molecule has 0 spiro atoms. The number of halogens is 1. The summed E-state index contributed by atoms with van der Waals surface area (Å²) in [6.07, 6.45) is 0. The maximum Gasteiger partial charge on any atom is 0.233 e. The Hall–Kier alpha value is -1.67. The molecule has 1 unspecified atom stereocenters. The van der Waals surface area contributed by atoms with Crippen molar-refractivity contribution in [2.24, 2.45) is 0 Å². The van der Waals surface area contributed by atoms with Gasteiger partial charge >= 0.3 is 0 Å². The van der Waals surface area contributed by atoms with Gasteiger partial charge in [-0.2, -0.15) is 0 Å². The number of hydrogen-bond acceptors (Lipinski definition) is 6. The SMILES string of the molecule is CC(Sc1nnc(N)s1)C(=O)NCc1ccccc1F. The minimum Gasteiger partial charge on any atom is -0.374 e. The molecule has 0 aliphatic rings. The molecule has 1 atom stereocenters. The minimum atomic E-state index is -0.353. The van der Waals surface area contributed by atoms with Crippen LogP contribution >= 0.6 is 23.1 Å². The van der Waals surface area contributed by atoms with Gasteiger partial charge in [-0.15, -0.1) is 10.2 Å². The molecule has 1 heterocycles. The van der Waals surface area contributed by atoms with Gasteiger partial charge in [0.1, 0.15) is 5.82 Å². The van der Waals surface area contributed by atoms with Crippen LogP contribution < -0.4 is 11.1 Å². The second-order valence-electron chi connectivity index (χ2n) is 3.98. The summed E-state index contributed by atoms with van der Waals surface area (Å²) < 4.78 is 14.0. The molecule has 8 heteroatoms. The highest BCUT2D eigenvalue weighted by molar-refractivity contribution is 8.02. The highest BCUT2D eigenvalue weighted by Crippen LogP contribution is 2.27. The smallest absolute Gasteiger partial charge is 0.233 e. The molecule has 0 saturated heterocycles. The highest BCUT2D eigenvalue weighted by atomic mass is 32.2. The first kappa shape index (κ1) is 14.7. The number of nitrogens with zero attached hydrogens (tertiary/aromatic N) is 2. The Morgan fingerprint density at radius 3 is 2.90 bits per heavy atom. The van der Waals surface area contributed by atoms with Crippen LogP contribution in [0.1, 0.15) is 12.5 Å². The number of carbonyl (C=O) groups excluding carboxylic acids is 1. The van der Waals surface area contributed by atoms with E-state index in [1.54, 1.807) is 25.1 Å². The molecule has 0 fully saturated rings. The summed E-state index contributed by atoms with van der Waals surface area (Å²) in [6.45, 7) is 1.91. The van der Waals surface area contributed by atoms with Crippen LogP contribution in [0.4, 0.5) is 9.52 Å². The van der Waals surface area contributed by atoms with E-state index in [1.807, 2.05) is 0 Å². The number of aromatic nitrogens is 2. The molecule has 106 valence electrons. The first-order valence-corrected chi connectivity index (χ1v) is 7.52. The average Bonchev–Trinajstić information content (AvgIpc) is 2.82. The summed E-state index contributed by atoms with van der Waals surface area (Å²) in [5.74, 6) is -0.517. The van der Waals surface area contributed by atoms with Gasteiger partial charge in [0.2, 0.25) is 11.0 Å². The molecule has 0 aliphatic carbocycles. The Morgan fingerprint density at radius 1 is 1.50 bits per heavy atom. The second kappa shape index (κ2) is 6.67. The van der Waals surface area contributed by atoms with Gasteiger partial charge in [0.05, 0.1) is 5.25 Å². The number of benzene rings is 1. The molecule has 1 aromatic carbocycles. The maximum absolute atomic E-state index is 13.4. The summed E-state index contributed by atoms with van der Waals surface area (Å²) in [5.41, 5.74) is 5.93.